The van der Waals surface area contributed by atoms with Crippen molar-refractivity contribution in [1.82, 2.24) is 14.5 Å². The molecule has 4 rings (SSSR count). The number of anilines is 1. The van der Waals surface area contributed by atoms with Gasteiger partial charge in [0.25, 0.3) is 5.56 Å². The summed E-state index contributed by atoms with van der Waals surface area (Å²) >= 11 is 11.8. The molecule has 0 atom stereocenters. The van der Waals surface area contributed by atoms with Crippen molar-refractivity contribution in [2.24, 2.45) is 0 Å². The molecule has 3 aromatic rings. The highest BCUT2D eigenvalue weighted by atomic mass is 35.5. The van der Waals surface area contributed by atoms with Gasteiger partial charge in [-0.2, -0.15) is 0 Å². The number of aromatic nitrogens is 2. The maximum Gasteiger partial charge on any atom is 0.254 e. The number of nitrogens with zero attached hydrogens (tertiary/aromatic N) is 4. The largest absolute Gasteiger partial charge is 0.368 e. The van der Waals surface area contributed by atoms with Crippen molar-refractivity contribution in [2.75, 3.05) is 31.1 Å². The number of benzene rings is 2. The number of rotatable bonds is 4. The van der Waals surface area contributed by atoms with Crippen molar-refractivity contribution in [3.63, 3.8) is 0 Å². The second kappa shape index (κ2) is 9.08. The number of piperazine rings is 1. The summed E-state index contributed by atoms with van der Waals surface area (Å²) in [6.07, 6.45) is 1.39. The van der Waals surface area contributed by atoms with E-state index in [0.29, 0.717) is 36.9 Å². The Labute approximate surface area is 188 Å². The standard InChI is InChI=1S/C22H19Cl2FN4O2/c23-16-3-1-15(2-4-16)20-12-21(30)29(14-26-20)13-22(31)28-9-7-27(8-10-28)17-5-6-19(25)18(24)11-17/h1-6,11-12,14H,7-10,13H2. The zero-order valence-electron chi connectivity index (χ0n) is 16.5. The van der Waals surface area contributed by atoms with Crippen LogP contribution in [0.1, 0.15) is 0 Å². The third kappa shape index (κ3) is 4.89. The second-order valence-corrected chi connectivity index (χ2v) is 8.06. The lowest BCUT2D eigenvalue weighted by atomic mass is 10.1. The predicted molar refractivity (Wildman–Crippen MR) is 119 cm³/mol. The third-order valence-electron chi connectivity index (χ3n) is 5.23. The normalized spacial score (nSPS) is 14.0. The fourth-order valence-corrected chi connectivity index (χ4v) is 3.77. The summed E-state index contributed by atoms with van der Waals surface area (Å²) in [7, 11) is 0. The van der Waals surface area contributed by atoms with E-state index in [-0.39, 0.29) is 23.0 Å². The van der Waals surface area contributed by atoms with E-state index in [2.05, 4.69) is 4.98 Å². The monoisotopic (exact) mass is 460 g/mol. The molecule has 1 amide bonds. The van der Waals surface area contributed by atoms with Crippen molar-refractivity contribution < 1.29 is 9.18 Å². The number of carbonyl (C=O) groups is 1. The lowest BCUT2D eigenvalue weighted by Crippen LogP contribution is -2.50. The number of hydrogen-bond acceptors (Lipinski definition) is 4. The highest BCUT2D eigenvalue weighted by Gasteiger charge is 2.22. The highest BCUT2D eigenvalue weighted by Crippen LogP contribution is 2.23. The van der Waals surface area contributed by atoms with Gasteiger partial charge < -0.3 is 9.80 Å². The Kier molecular flexibility index (Phi) is 6.25. The van der Waals surface area contributed by atoms with Crippen LogP contribution in [-0.2, 0) is 11.3 Å². The van der Waals surface area contributed by atoms with Crippen molar-refractivity contribution in [1.29, 1.82) is 0 Å². The molecule has 1 saturated heterocycles. The highest BCUT2D eigenvalue weighted by molar-refractivity contribution is 6.31. The molecule has 0 radical (unpaired) electrons. The van der Waals surface area contributed by atoms with Crippen molar-refractivity contribution in [3.05, 3.63) is 81.1 Å². The van der Waals surface area contributed by atoms with E-state index in [1.165, 1.54) is 23.0 Å². The van der Waals surface area contributed by atoms with Crippen LogP contribution in [0, 0.1) is 5.82 Å². The van der Waals surface area contributed by atoms with Crippen molar-refractivity contribution >= 4 is 34.8 Å². The van der Waals surface area contributed by atoms with Gasteiger partial charge in [0.15, 0.2) is 0 Å². The molecule has 160 valence electrons. The van der Waals surface area contributed by atoms with Gasteiger partial charge in [-0.1, -0.05) is 35.3 Å². The lowest BCUT2D eigenvalue weighted by Gasteiger charge is -2.36. The van der Waals surface area contributed by atoms with E-state index in [9.17, 15) is 14.0 Å². The molecule has 0 unspecified atom stereocenters. The van der Waals surface area contributed by atoms with E-state index in [1.54, 1.807) is 41.3 Å². The van der Waals surface area contributed by atoms with Crippen LogP contribution in [0.15, 0.2) is 59.7 Å². The van der Waals surface area contributed by atoms with Gasteiger partial charge in [0.1, 0.15) is 12.4 Å². The quantitative estimate of drug-likeness (QED) is 0.595. The van der Waals surface area contributed by atoms with Crippen LogP contribution in [0.4, 0.5) is 10.1 Å². The molecule has 0 spiro atoms. The number of halogens is 3. The maximum absolute atomic E-state index is 13.4. The van der Waals surface area contributed by atoms with E-state index < -0.39 is 5.82 Å². The first-order chi connectivity index (χ1) is 14.9. The fraction of sp³-hybridized carbons (Fsp3) is 0.227. The molecule has 6 nitrogen and oxygen atoms in total. The average Bonchev–Trinajstić information content (AvgIpc) is 2.77. The lowest BCUT2D eigenvalue weighted by molar-refractivity contribution is -0.132. The summed E-state index contributed by atoms with van der Waals surface area (Å²) in [6.45, 7) is 2.11. The summed E-state index contributed by atoms with van der Waals surface area (Å²) < 4.78 is 14.7. The molecule has 1 aliphatic heterocycles. The Hall–Kier alpha value is -2.90. The van der Waals surface area contributed by atoms with Gasteiger partial charge in [-0.05, 0) is 30.3 Å². The van der Waals surface area contributed by atoms with Crippen LogP contribution in [0.3, 0.4) is 0 Å². The van der Waals surface area contributed by atoms with E-state index in [1.807, 2.05) is 4.90 Å². The number of carbonyl (C=O) groups excluding carboxylic acids is 1. The van der Waals surface area contributed by atoms with E-state index >= 15 is 0 Å². The van der Waals surface area contributed by atoms with E-state index in [4.69, 9.17) is 23.2 Å². The van der Waals surface area contributed by atoms with Crippen LogP contribution in [-0.4, -0.2) is 46.5 Å². The van der Waals surface area contributed by atoms with Crippen LogP contribution in [0.5, 0.6) is 0 Å². The predicted octanol–water partition coefficient (Wildman–Crippen LogP) is 3.71. The zero-order valence-corrected chi connectivity index (χ0v) is 18.0. The topological polar surface area (TPSA) is 58.4 Å². The minimum Gasteiger partial charge on any atom is -0.368 e. The molecule has 2 heterocycles. The minimum absolute atomic E-state index is 0.0740. The molecular weight excluding hydrogens is 442 g/mol. The van der Waals surface area contributed by atoms with E-state index in [0.717, 1.165) is 11.3 Å². The number of amides is 1. The third-order valence-corrected chi connectivity index (χ3v) is 5.77. The average molecular weight is 461 g/mol. The molecule has 1 fully saturated rings. The van der Waals surface area contributed by atoms with Crippen molar-refractivity contribution in [3.8, 4) is 11.3 Å². The van der Waals surface area contributed by atoms with Gasteiger partial charge in [-0.25, -0.2) is 9.37 Å². The van der Waals surface area contributed by atoms with Gasteiger partial charge >= 0.3 is 0 Å². The summed E-state index contributed by atoms with van der Waals surface area (Å²) in [4.78, 5) is 33.2. The molecule has 9 heteroatoms. The van der Waals surface area contributed by atoms with Crippen LogP contribution in [0.2, 0.25) is 10.0 Å². The minimum atomic E-state index is -0.458. The number of hydrogen-bond donors (Lipinski definition) is 0. The van der Waals surface area contributed by atoms with Gasteiger partial charge in [-0.3, -0.25) is 14.2 Å². The Morgan fingerprint density at radius 3 is 2.35 bits per heavy atom. The zero-order chi connectivity index (χ0) is 22.0. The Bertz CT molecular complexity index is 1160. The van der Waals surface area contributed by atoms with Gasteiger partial charge in [0.2, 0.25) is 5.91 Å². The molecule has 0 N–H and O–H groups in total. The molecule has 31 heavy (non-hydrogen) atoms. The fourth-order valence-electron chi connectivity index (χ4n) is 3.46. The summed E-state index contributed by atoms with van der Waals surface area (Å²) in [6, 6.07) is 13.0. The Morgan fingerprint density at radius 2 is 1.71 bits per heavy atom. The molecule has 1 aliphatic rings. The SMILES string of the molecule is O=C(Cn1cnc(-c2ccc(Cl)cc2)cc1=O)N1CCN(c2ccc(F)c(Cl)c2)CC1. The van der Waals surface area contributed by atoms with Crippen molar-refractivity contribution in [2.45, 2.75) is 6.54 Å². The van der Waals surface area contributed by atoms with Gasteiger partial charge in [0.05, 0.1) is 17.0 Å². The van der Waals surface area contributed by atoms with Crippen LogP contribution in [0.25, 0.3) is 11.3 Å². The van der Waals surface area contributed by atoms with Crippen LogP contribution >= 0.6 is 23.2 Å². The van der Waals surface area contributed by atoms with Gasteiger partial charge in [-0.15, -0.1) is 0 Å². The Morgan fingerprint density at radius 1 is 1.00 bits per heavy atom. The first-order valence-corrected chi connectivity index (χ1v) is 10.5. The maximum atomic E-state index is 13.4. The molecular formula is C22H19Cl2FN4O2. The second-order valence-electron chi connectivity index (χ2n) is 7.21. The molecule has 0 saturated carbocycles. The summed E-state index contributed by atoms with van der Waals surface area (Å²) in [5.74, 6) is -0.611. The first kappa shape index (κ1) is 21.3. The molecule has 0 bridgehead atoms. The smallest absolute Gasteiger partial charge is 0.254 e. The molecule has 1 aromatic heterocycles. The molecule has 2 aromatic carbocycles. The Balaban J connectivity index is 1.38. The summed E-state index contributed by atoms with van der Waals surface area (Å²) in [5, 5.41) is 0.676. The van der Waals surface area contributed by atoms with Crippen LogP contribution < -0.4 is 10.5 Å². The summed E-state index contributed by atoms with van der Waals surface area (Å²) in [5.41, 5.74) is 1.82. The van der Waals surface area contributed by atoms with Gasteiger partial charge in [0, 0.05) is 48.5 Å². The first-order valence-electron chi connectivity index (χ1n) is 9.71. The molecule has 0 aliphatic carbocycles.